The molecule has 0 saturated heterocycles. The minimum absolute atomic E-state index is 0.195. The van der Waals surface area contributed by atoms with Crippen molar-refractivity contribution in [1.82, 2.24) is 4.67 Å². The van der Waals surface area contributed by atoms with Crippen molar-refractivity contribution in [2.45, 2.75) is 13.0 Å². The van der Waals surface area contributed by atoms with Crippen LogP contribution in [0.2, 0.25) is 0 Å². The number of fused-ring (bicyclic) bond motifs is 1. The van der Waals surface area contributed by atoms with Crippen LogP contribution in [-0.2, 0) is 13.0 Å². The van der Waals surface area contributed by atoms with E-state index in [1.165, 1.54) is 5.56 Å². The van der Waals surface area contributed by atoms with Crippen molar-refractivity contribution in [3.8, 4) is 0 Å². The van der Waals surface area contributed by atoms with Crippen LogP contribution in [0.4, 0.5) is 5.69 Å². The summed E-state index contributed by atoms with van der Waals surface area (Å²) in [6, 6.07) is 5.11. The predicted molar refractivity (Wildman–Crippen MR) is 56.9 cm³/mol. The molecule has 74 valence electrons. The molecule has 1 atom stereocenters. The van der Waals surface area contributed by atoms with E-state index in [-0.39, 0.29) is 10.6 Å². The smallest absolute Gasteiger partial charge is 0.269 e. The lowest BCUT2D eigenvalue weighted by Crippen LogP contribution is -2.21. The summed E-state index contributed by atoms with van der Waals surface area (Å²) >= 11 is 0. The zero-order chi connectivity index (χ0) is 10.1. The lowest BCUT2D eigenvalue weighted by molar-refractivity contribution is -0.384. The van der Waals surface area contributed by atoms with Gasteiger partial charge in [0.25, 0.3) is 5.69 Å². The molecule has 1 aromatic carbocycles. The van der Waals surface area contributed by atoms with Crippen molar-refractivity contribution in [3.05, 3.63) is 39.4 Å². The zero-order valence-corrected chi connectivity index (χ0v) is 8.80. The maximum Gasteiger partial charge on any atom is 0.269 e. The molecule has 14 heavy (non-hydrogen) atoms. The van der Waals surface area contributed by atoms with E-state index >= 15 is 0 Å². The summed E-state index contributed by atoms with van der Waals surface area (Å²) in [6.07, 6.45) is 0.889. The maximum absolute atomic E-state index is 10.5. The zero-order valence-electron chi connectivity index (χ0n) is 7.64. The third kappa shape index (κ3) is 1.76. The summed E-state index contributed by atoms with van der Waals surface area (Å²) in [4.78, 5) is 10.2. The number of hydrogen-bond acceptors (Lipinski definition) is 3. The Balaban J connectivity index is 2.36. The molecule has 0 spiro atoms. The molecule has 2 rings (SSSR count). The number of hydrogen-bond donors (Lipinski definition) is 0. The molecule has 4 nitrogen and oxygen atoms in total. The molecule has 0 aliphatic carbocycles. The lowest BCUT2D eigenvalue weighted by atomic mass is 10.0. The minimum atomic E-state index is -0.340. The Hall–Kier alpha value is -0.990. The number of nitrogens with zero attached hydrogens (tertiary/aromatic N) is 2. The van der Waals surface area contributed by atoms with Crippen LogP contribution in [0.5, 0.6) is 0 Å². The van der Waals surface area contributed by atoms with Gasteiger partial charge >= 0.3 is 0 Å². The first-order chi connectivity index (χ1) is 6.66. The third-order valence-electron chi connectivity index (χ3n) is 2.44. The highest BCUT2D eigenvalue weighted by molar-refractivity contribution is 7.13. The van der Waals surface area contributed by atoms with Gasteiger partial charge in [0.05, 0.1) is 4.92 Å². The highest BCUT2D eigenvalue weighted by atomic mass is 31.0. The summed E-state index contributed by atoms with van der Waals surface area (Å²) in [5.74, 6) is 0. The van der Waals surface area contributed by atoms with Gasteiger partial charge in [-0.1, -0.05) is 15.5 Å². The van der Waals surface area contributed by atoms with Crippen LogP contribution in [0.3, 0.4) is 0 Å². The molecule has 0 N–H and O–H groups in total. The second-order valence-electron chi connectivity index (χ2n) is 3.43. The average Bonchev–Trinajstić information content (AvgIpc) is 2.16. The first-order valence-corrected chi connectivity index (χ1v) is 4.94. The summed E-state index contributed by atoms with van der Waals surface area (Å²) in [7, 11) is 2.66. The SMILES string of the molecule is O=[N+]([O-])c1ccc2c(c1)CCN(P)C2. The quantitative estimate of drug-likeness (QED) is 0.403. The second-order valence-corrected chi connectivity index (χ2v) is 4.16. The van der Waals surface area contributed by atoms with Crippen molar-refractivity contribution >= 4 is 15.1 Å². The van der Waals surface area contributed by atoms with E-state index in [2.05, 4.69) is 14.1 Å². The van der Waals surface area contributed by atoms with Gasteiger partial charge < -0.3 is 0 Å². The van der Waals surface area contributed by atoms with Crippen LogP contribution in [0, 0.1) is 10.1 Å². The summed E-state index contributed by atoms with van der Waals surface area (Å²) in [5, 5.41) is 10.5. The Morgan fingerprint density at radius 3 is 2.93 bits per heavy atom. The van der Waals surface area contributed by atoms with Gasteiger partial charge in [-0.2, -0.15) is 0 Å². The van der Waals surface area contributed by atoms with E-state index in [9.17, 15) is 10.1 Å². The number of benzene rings is 1. The maximum atomic E-state index is 10.5. The summed E-state index contributed by atoms with van der Waals surface area (Å²) in [6.45, 7) is 1.80. The molecule has 0 amide bonds. The molecule has 0 fully saturated rings. The number of rotatable bonds is 1. The number of nitro groups is 1. The fraction of sp³-hybridized carbons (Fsp3) is 0.333. The van der Waals surface area contributed by atoms with Gasteiger partial charge in [-0.05, 0) is 17.5 Å². The highest BCUT2D eigenvalue weighted by Gasteiger charge is 2.16. The van der Waals surface area contributed by atoms with E-state index < -0.39 is 0 Å². The van der Waals surface area contributed by atoms with Gasteiger partial charge in [0, 0.05) is 25.2 Å². The Morgan fingerprint density at radius 2 is 2.21 bits per heavy atom. The first-order valence-electron chi connectivity index (χ1n) is 4.42. The molecule has 5 heteroatoms. The van der Waals surface area contributed by atoms with Crippen molar-refractivity contribution in [2.24, 2.45) is 0 Å². The van der Waals surface area contributed by atoms with Crippen LogP contribution in [0.25, 0.3) is 0 Å². The van der Waals surface area contributed by atoms with Gasteiger partial charge in [0.1, 0.15) is 0 Å². The monoisotopic (exact) mass is 210 g/mol. The number of nitro benzene ring substituents is 1. The Kier molecular flexibility index (Phi) is 2.48. The van der Waals surface area contributed by atoms with Gasteiger partial charge in [0.15, 0.2) is 0 Å². The van der Waals surface area contributed by atoms with E-state index in [1.54, 1.807) is 12.1 Å². The van der Waals surface area contributed by atoms with E-state index in [4.69, 9.17) is 0 Å². The molecule has 0 aromatic heterocycles. The average molecular weight is 210 g/mol. The first kappa shape index (κ1) is 9.56. The molecular weight excluding hydrogens is 199 g/mol. The standard InChI is InChI=1S/C9H11N2O2P/c12-11(13)9-2-1-8-6-10(14)4-3-7(8)5-9/h1-2,5H,3-4,6,14H2. The van der Waals surface area contributed by atoms with Crippen molar-refractivity contribution in [2.75, 3.05) is 6.54 Å². The fourth-order valence-corrected chi connectivity index (χ4v) is 2.00. The van der Waals surface area contributed by atoms with Crippen LogP contribution in [0.15, 0.2) is 18.2 Å². The van der Waals surface area contributed by atoms with E-state index in [0.717, 1.165) is 25.1 Å². The molecule has 1 heterocycles. The molecule has 1 aromatic rings. The molecule has 1 aliphatic heterocycles. The van der Waals surface area contributed by atoms with Gasteiger partial charge in [-0.25, -0.2) is 0 Å². The van der Waals surface area contributed by atoms with Crippen LogP contribution in [-0.4, -0.2) is 16.1 Å². The van der Waals surface area contributed by atoms with Crippen molar-refractivity contribution in [3.63, 3.8) is 0 Å². The predicted octanol–water partition coefficient (Wildman–Crippen LogP) is 1.74. The van der Waals surface area contributed by atoms with Crippen molar-refractivity contribution < 1.29 is 4.92 Å². The molecule has 1 aliphatic rings. The van der Waals surface area contributed by atoms with Crippen LogP contribution < -0.4 is 0 Å². The summed E-state index contributed by atoms with van der Waals surface area (Å²) < 4.78 is 2.13. The molecule has 1 unspecified atom stereocenters. The topological polar surface area (TPSA) is 46.4 Å². The van der Waals surface area contributed by atoms with Crippen molar-refractivity contribution in [1.29, 1.82) is 0 Å². The molecular formula is C9H11N2O2P. The second kappa shape index (κ2) is 3.64. The Labute approximate surface area is 84.3 Å². The summed E-state index contributed by atoms with van der Waals surface area (Å²) in [5.41, 5.74) is 2.50. The normalized spacial score (nSPS) is 16.4. The minimum Gasteiger partial charge on any atom is -0.283 e. The van der Waals surface area contributed by atoms with Gasteiger partial charge in [-0.15, -0.1) is 0 Å². The number of non-ortho nitro benzene ring substituents is 1. The molecule has 0 saturated carbocycles. The Bertz CT molecular complexity index is 381. The Morgan fingerprint density at radius 1 is 1.43 bits per heavy atom. The fourth-order valence-electron chi connectivity index (χ4n) is 1.67. The van der Waals surface area contributed by atoms with Crippen LogP contribution >= 0.6 is 9.39 Å². The van der Waals surface area contributed by atoms with Gasteiger partial charge in [0.2, 0.25) is 0 Å². The van der Waals surface area contributed by atoms with E-state index in [1.807, 2.05) is 6.07 Å². The lowest BCUT2D eigenvalue weighted by Gasteiger charge is -2.24. The largest absolute Gasteiger partial charge is 0.283 e. The van der Waals surface area contributed by atoms with Gasteiger partial charge in [-0.3, -0.25) is 14.8 Å². The molecule has 0 bridgehead atoms. The highest BCUT2D eigenvalue weighted by Crippen LogP contribution is 2.24. The van der Waals surface area contributed by atoms with Crippen LogP contribution in [0.1, 0.15) is 11.1 Å². The van der Waals surface area contributed by atoms with E-state index in [0.29, 0.717) is 0 Å². The third-order valence-corrected chi connectivity index (χ3v) is 2.88. The molecule has 0 radical (unpaired) electrons.